The Kier molecular flexibility index (Phi) is 9.06. The summed E-state index contributed by atoms with van der Waals surface area (Å²) in [5.41, 5.74) is 0.637. The first-order valence-corrected chi connectivity index (χ1v) is 14.9. The third-order valence-electron chi connectivity index (χ3n) is 10.7. The number of nitrogens with one attached hydrogen (secondary N) is 1. The Morgan fingerprint density at radius 3 is 2.33 bits per heavy atom. The summed E-state index contributed by atoms with van der Waals surface area (Å²) in [7, 11) is 0. The van der Waals surface area contributed by atoms with Crippen LogP contribution < -0.4 is 5.32 Å². The van der Waals surface area contributed by atoms with Crippen LogP contribution in [-0.2, 0) is 0 Å². The molecule has 3 aliphatic carbocycles. The van der Waals surface area contributed by atoms with Crippen LogP contribution in [0.4, 0.5) is 17.6 Å². The van der Waals surface area contributed by atoms with E-state index in [1.54, 1.807) is 0 Å². The van der Waals surface area contributed by atoms with Crippen molar-refractivity contribution in [2.75, 3.05) is 6.54 Å². The lowest BCUT2D eigenvalue weighted by atomic mass is 9.44. The van der Waals surface area contributed by atoms with E-state index in [9.17, 15) is 17.6 Å². The first-order valence-electron chi connectivity index (χ1n) is 14.9. The molecule has 0 heterocycles. The minimum absolute atomic E-state index is 0.266. The fourth-order valence-electron chi connectivity index (χ4n) is 8.30. The van der Waals surface area contributed by atoms with Crippen molar-refractivity contribution in [3.05, 3.63) is 65.9 Å². The fraction of sp³-hybridized carbons (Fsp3) is 0.618. The van der Waals surface area contributed by atoms with Crippen LogP contribution in [0.3, 0.4) is 0 Å². The molecule has 0 spiro atoms. The number of allylic oxidation sites excluding steroid dienone is 1. The summed E-state index contributed by atoms with van der Waals surface area (Å²) >= 11 is 0. The Bertz CT molecular complexity index is 1170. The van der Waals surface area contributed by atoms with Gasteiger partial charge in [-0.2, -0.15) is 0 Å². The second-order valence-corrected chi connectivity index (χ2v) is 13.4. The van der Waals surface area contributed by atoms with Crippen LogP contribution in [0, 0.1) is 64.7 Å². The van der Waals surface area contributed by atoms with Gasteiger partial charge < -0.3 is 5.32 Å². The van der Waals surface area contributed by atoms with Gasteiger partial charge in [-0.1, -0.05) is 40.0 Å². The van der Waals surface area contributed by atoms with Gasteiger partial charge in [-0.3, -0.25) is 4.99 Å². The first-order chi connectivity index (χ1) is 18.8. The number of aliphatic imine (C=N–C) groups is 1. The van der Waals surface area contributed by atoms with Gasteiger partial charge in [0, 0.05) is 35.6 Å². The second-order valence-electron chi connectivity index (χ2n) is 13.4. The highest BCUT2D eigenvalue weighted by molar-refractivity contribution is 5.85. The standard InChI is InChI=1S/C34H46F4N2/c1-8-9-10-26-25-12-11-23-19-24(13-17-34(23,7)27(25)14-16-33(26,5)6)39-18-15-20(2)40-22(4)28-31(37)29(35)21(3)30(36)32(28)38/h8,23,25-27,40H,1-2,4,9-19H2,3,5-7H3. The van der Waals surface area contributed by atoms with Crippen molar-refractivity contribution in [1.82, 2.24) is 5.32 Å². The number of rotatable bonds is 9. The molecule has 6 heteroatoms. The predicted octanol–water partition coefficient (Wildman–Crippen LogP) is 9.69. The smallest absolute Gasteiger partial charge is 0.171 e. The highest BCUT2D eigenvalue weighted by Gasteiger charge is 2.55. The molecule has 0 aliphatic heterocycles. The van der Waals surface area contributed by atoms with Crippen LogP contribution in [0.1, 0.15) is 96.1 Å². The van der Waals surface area contributed by atoms with Crippen molar-refractivity contribution in [2.24, 2.45) is 39.5 Å². The predicted molar refractivity (Wildman–Crippen MR) is 157 cm³/mol. The van der Waals surface area contributed by atoms with E-state index in [1.165, 1.54) is 44.2 Å². The summed E-state index contributed by atoms with van der Waals surface area (Å²) < 4.78 is 56.7. The Balaban J connectivity index is 1.35. The quantitative estimate of drug-likeness (QED) is 0.182. The molecular formula is C34H46F4N2. The van der Waals surface area contributed by atoms with Gasteiger partial charge in [0.15, 0.2) is 23.3 Å². The third-order valence-corrected chi connectivity index (χ3v) is 10.7. The van der Waals surface area contributed by atoms with Gasteiger partial charge in [-0.25, -0.2) is 17.6 Å². The van der Waals surface area contributed by atoms with Gasteiger partial charge in [-0.05, 0) is 99.2 Å². The summed E-state index contributed by atoms with van der Waals surface area (Å²) in [5.74, 6) is -2.76. The molecule has 3 saturated carbocycles. The Hall–Kier alpha value is -2.37. The lowest BCUT2D eigenvalue weighted by Gasteiger charge is -2.60. The molecule has 40 heavy (non-hydrogen) atoms. The highest BCUT2D eigenvalue weighted by Crippen LogP contribution is 2.63. The fourth-order valence-corrected chi connectivity index (χ4v) is 8.30. The summed E-state index contributed by atoms with van der Waals surface area (Å²) in [5, 5.41) is 2.72. The zero-order chi connectivity index (χ0) is 29.4. The van der Waals surface area contributed by atoms with Gasteiger partial charge >= 0.3 is 0 Å². The van der Waals surface area contributed by atoms with Crippen molar-refractivity contribution >= 4 is 11.4 Å². The molecule has 2 nitrogen and oxygen atoms in total. The molecule has 0 saturated heterocycles. The van der Waals surface area contributed by atoms with Gasteiger partial charge in [0.1, 0.15) is 0 Å². The van der Waals surface area contributed by atoms with Crippen molar-refractivity contribution in [3.8, 4) is 0 Å². The number of hydrogen-bond acceptors (Lipinski definition) is 2. The molecule has 1 aromatic rings. The molecular weight excluding hydrogens is 512 g/mol. The lowest BCUT2D eigenvalue weighted by Crippen LogP contribution is -2.53. The Morgan fingerprint density at radius 1 is 1.00 bits per heavy atom. The maximum atomic E-state index is 14.3. The average Bonchev–Trinajstić information content (AvgIpc) is 2.90. The zero-order valence-electron chi connectivity index (χ0n) is 24.7. The van der Waals surface area contributed by atoms with Crippen LogP contribution in [0.15, 0.2) is 36.5 Å². The molecule has 5 atom stereocenters. The van der Waals surface area contributed by atoms with E-state index in [2.05, 4.69) is 51.9 Å². The van der Waals surface area contributed by atoms with E-state index >= 15 is 0 Å². The average molecular weight is 559 g/mol. The number of benzene rings is 1. The van der Waals surface area contributed by atoms with Crippen LogP contribution in [-0.4, -0.2) is 12.3 Å². The SMILES string of the molecule is C=CCCC1C2CCC3CC(=NCCC(=C)NC(=C)c4c(F)c(F)c(C)c(F)c4F)CCC3(C)C2CCC1(C)C. The molecule has 0 aromatic heterocycles. The number of hydrogen-bond donors (Lipinski definition) is 1. The van der Waals surface area contributed by atoms with Gasteiger partial charge in [0.05, 0.1) is 5.56 Å². The summed E-state index contributed by atoms with van der Waals surface area (Å²) in [6, 6.07) is 0. The maximum absolute atomic E-state index is 14.3. The van der Waals surface area contributed by atoms with Gasteiger partial charge in [-0.15, -0.1) is 6.58 Å². The van der Waals surface area contributed by atoms with Crippen molar-refractivity contribution in [3.63, 3.8) is 0 Å². The number of nitrogens with zero attached hydrogens (tertiary/aromatic N) is 1. The van der Waals surface area contributed by atoms with Crippen molar-refractivity contribution < 1.29 is 17.6 Å². The Labute approximate surface area is 238 Å². The molecule has 4 rings (SSSR count). The number of fused-ring (bicyclic) bond motifs is 3. The van der Waals surface area contributed by atoms with E-state index in [4.69, 9.17) is 4.99 Å². The van der Waals surface area contributed by atoms with Crippen LogP contribution in [0.25, 0.3) is 5.70 Å². The van der Waals surface area contributed by atoms with E-state index in [0.29, 0.717) is 35.4 Å². The van der Waals surface area contributed by atoms with Crippen molar-refractivity contribution in [2.45, 2.75) is 91.9 Å². The molecule has 0 radical (unpaired) electrons. The van der Waals surface area contributed by atoms with Crippen LogP contribution in [0.5, 0.6) is 0 Å². The van der Waals surface area contributed by atoms with E-state index in [1.807, 2.05) is 0 Å². The molecule has 1 aromatic carbocycles. The van der Waals surface area contributed by atoms with Crippen LogP contribution >= 0.6 is 0 Å². The topological polar surface area (TPSA) is 24.4 Å². The summed E-state index contributed by atoms with van der Waals surface area (Å²) in [4.78, 5) is 4.89. The molecule has 220 valence electrons. The van der Waals surface area contributed by atoms with Crippen molar-refractivity contribution in [1.29, 1.82) is 0 Å². The molecule has 0 amide bonds. The second kappa shape index (κ2) is 11.9. The number of halogens is 4. The minimum Gasteiger partial charge on any atom is -0.359 e. The van der Waals surface area contributed by atoms with Crippen LogP contribution in [0.2, 0.25) is 0 Å². The van der Waals surface area contributed by atoms with E-state index < -0.39 is 34.4 Å². The third kappa shape index (κ3) is 5.69. The largest absolute Gasteiger partial charge is 0.359 e. The van der Waals surface area contributed by atoms with E-state index in [0.717, 1.165) is 43.9 Å². The highest BCUT2D eigenvalue weighted by atomic mass is 19.2. The summed E-state index contributed by atoms with van der Waals surface area (Å²) in [6.07, 6.45) is 13.3. The lowest BCUT2D eigenvalue weighted by molar-refractivity contribution is -0.0990. The first kappa shape index (κ1) is 30.6. The maximum Gasteiger partial charge on any atom is 0.171 e. The molecule has 5 unspecified atom stereocenters. The Morgan fingerprint density at radius 2 is 1.68 bits per heavy atom. The minimum atomic E-state index is -1.46. The molecule has 3 fully saturated rings. The van der Waals surface area contributed by atoms with Gasteiger partial charge in [0.2, 0.25) is 0 Å². The molecule has 1 N–H and O–H groups in total. The summed E-state index contributed by atoms with van der Waals surface area (Å²) in [6.45, 7) is 20.4. The molecule has 3 aliphatic rings. The monoisotopic (exact) mass is 558 g/mol. The van der Waals surface area contributed by atoms with Gasteiger partial charge in [0.25, 0.3) is 0 Å². The molecule has 0 bridgehead atoms. The normalized spacial score (nSPS) is 30.4. The zero-order valence-corrected chi connectivity index (χ0v) is 24.7. The van der Waals surface area contributed by atoms with E-state index in [-0.39, 0.29) is 5.70 Å².